The Labute approximate surface area is 115 Å². The number of nitrogens with two attached hydrogens (primary N) is 1. The Morgan fingerprint density at radius 2 is 2.00 bits per heavy atom. The topological polar surface area (TPSA) is 47.3 Å². The number of nitrogens with one attached hydrogen (secondary N) is 1. The zero-order valence-corrected chi connectivity index (χ0v) is 11.6. The maximum atomic E-state index is 6.38. The predicted molar refractivity (Wildman–Crippen MR) is 77.0 cm³/mol. The fourth-order valence-corrected chi connectivity index (χ4v) is 3.48. The second kappa shape index (κ2) is 5.61. The summed E-state index contributed by atoms with van der Waals surface area (Å²) in [6.45, 7) is 4.12. The molecule has 0 spiro atoms. The van der Waals surface area contributed by atoms with Gasteiger partial charge in [0.15, 0.2) is 0 Å². The van der Waals surface area contributed by atoms with E-state index in [4.69, 9.17) is 10.5 Å². The molecule has 0 bridgehead atoms. The number of fused-ring (bicyclic) bond motifs is 1. The van der Waals surface area contributed by atoms with E-state index in [0.29, 0.717) is 12.1 Å². The van der Waals surface area contributed by atoms with Gasteiger partial charge in [0.2, 0.25) is 0 Å². The van der Waals surface area contributed by atoms with Gasteiger partial charge >= 0.3 is 0 Å². The van der Waals surface area contributed by atoms with E-state index in [0.717, 1.165) is 25.6 Å². The minimum Gasteiger partial charge on any atom is -0.381 e. The van der Waals surface area contributed by atoms with Crippen LogP contribution in [0.3, 0.4) is 0 Å². The number of rotatable bonds is 3. The van der Waals surface area contributed by atoms with E-state index in [9.17, 15) is 0 Å². The molecule has 1 fully saturated rings. The van der Waals surface area contributed by atoms with Crippen molar-refractivity contribution in [3.05, 3.63) is 35.4 Å². The van der Waals surface area contributed by atoms with Crippen molar-refractivity contribution >= 4 is 0 Å². The Balaban J connectivity index is 1.62. The van der Waals surface area contributed by atoms with E-state index >= 15 is 0 Å². The molecule has 1 aromatic rings. The first-order valence-electron chi connectivity index (χ1n) is 7.43. The van der Waals surface area contributed by atoms with Crippen molar-refractivity contribution in [3.63, 3.8) is 0 Å². The van der Waals surface area contributed by atoms with E-state index in [1.807, 2.05) is 0 Å². The largest absolute Gasteiger partial charge is 0.381 e. The fraction of sp³-hybridized carbons (Fsp3) is 0.625. The molecule has 1 heterocycles. The first-order valence-corrected chi connectivity index (χ1v) is 7.43. The maximum absolute atomic E-state index is 6.38. The zero-order valence-electron chi connectivity index (χ0n) is 11.6. The summed E-state index contributed by atoms with van der Waals surface area (Å²) < 4.78 is 5.44. The molecule has 0 aromatic heterocycles. The van der Waals surface area contributed by atoms with Gasteiger partial charge < -0.3 is 15.8 Å². The lowest BCUT2D eigenvalue weighted by Gasteiger charge is -2.31. The second-order valence-corrected chi connectivity index (χ2v) is 5.94. The van der Waals surface area contributed by atoms with Crippen molar-refractivity contribution in [2.75, 3.05) is 13.2 Å². The van der Waals surface area contributed by atoms with Crippen LogP contribution in [-0.2, 0) is 11.2 Å². The van der Waals surface area contributed by atoms with Crippen molar-refractivity contribution in [2.45, 2.75) is 44.3 Å². The number of hydrogen-bond donors (Lipinski definition) is 2. The highest BCUT2D eigenvalue weighted by molar-refractivity contribution is 5.36. The van der Waals surface area contributed by atoms with Crippen molar-refractivity contribution in [1.29, 1.82) is 0 Å². The summed E-state index contributed by atoms with van der Waals surface area (Å²) in [5.41, 5.74) is 9.11. The van der Waals surface area contributed by atoms with Crippen molar-refractivity contribution in [3.8, 4) is 0 Å². The van der Waals surface area contributed by atoms with Crippen LogP contribution in [0.2, 0.25) is 0 Å². The quantitative estimate of drug-likeness (QED) is 0.874. The monoisotopic (exact) mass is 260 g/mol. The van der Waals surface area contributed by atoms with Crippen LogP contribution in [0, 0.1) is 5.92 Å². The summed E-state index contributed by atoms with van der Waals surface area (Å²) in [6.07, 6.45) is 3.40. The lowest BCUT2D eigenvalue weighted by atomic mass is 9.92. The van der Waals surface area contributed by atoms with Crippen molar-refractivity contribution in [1.82, 2.24) is 5.32 Å². The van der Waals surface area contributed by atoms with Gasteiger partial charge in [-0.15, -0.1) is 0 Å². The van der Waals surface area contributed by atoms with Gasteiger partial charge in [0.25, 0.3) is 0 Å². The maximum Gasteiger partial charge on any atom is 0.0469 e. The molecular formula is C16H24N2O. The van der Waals surface area contributed by atoms with Crippen molar-refractivity contribution in [2.24, 2.45) is 11.7 Å². The Bertz CT molecular complexity index is 429. The third-order valence-electron chi connectivity index (χ3n) is 4.74. The number of benzene rings is 1. The molecule has 19 heavy (non-hydrogen) atoms. The number of hydrogen-bond acceptors (Lipinski definition) is 3. The summed E-state index contributed by atoms with van der Waals surface area (Å²) >= 11 is 0. The Morgan fingerprint density at radius 1 is 1.26 bits per heavy atom. The van der Waals surface area contributed by atoms with Crippen LogP contribution in [0.5, 0.6) is 0 Å². The van der Waals surface area contributed by atoms with Crippen LogP contribution in [0.4, 0.5) is 0 Å². The van der Waals surface area contributed by atoms with Crippen LogP contribution in [-0.4, -0.2) is 25.3 Å². The number of ether oxygens (including phenoxy) is 1. The highest BCUT2D eigenvalue weighted by Crippen LogP contribution is 2.30. The van der Waals surface area contributed by atoms with Gasteiger partial charge in [-0.3, -0.25) is 0 Å². The molecule has 1 aliphatic heterocycles. The average Bonchev–Trinajstić information content (AvgIpc) is 2.77. The molecule has 0 amide bonds. The molecule has 1 unspecified atom stereocenters. The highest BCUT2D eigenvalue weighted by atomic mass is 16.5. The molecule has 3 rings (SSSR count). The molecule has 3 heteroatoms. The molecule has 0 radical (unpaired) electrons. The zero-order chi connectivity index (χ0) is 13.2. The molecule has 104 valence electrons. The van der Waals surface area contributed by atoms with Gasteiger partial charge in [0.1, 0.15) is 0 Å². The van der Waals surface area contributed by atoms with Gasteiger partial charge in [-0.1, -0.05) is 24.3 Å². The molecule has 2 aliphatic rings. The SMILES string of the molecule is CC(N[C@@H]1Cc2ccccc2[C@H]1N)C1CCOCC1. The van der Waals surface area contributed by atoms with Crippen molar-refractivity contribution < 1.29 is 4.74 Å². The van der Waals surface area contributed by atoms with Gasteiger partial charge in [0, 0.05) is 31.3 Å². The van der Waals surface area contributed by atoms with Crippen LogP contribution >= 0.6 is 0 Å². The van der Waals surface area contributed by atoms with E-state index in [-0.39, 0.29) is 6.04 Å². The summed E-state index contributed by atoms with van der Waals surface area (Å²) in [5.74, 6) is 0.727. The van der Waals surface area contributed by atoms with Gasteiger partial charge in [-0.05, 0) is 43.2 Å². The van der Waals surface area contributed by atoms with Crippen LogP contribution in [0.25, 0.3) is 0 Å². The third kappa shape index (κ3) is 2.69. The van der Waals surface area contributed by atoms with E-state index in [2.05, 4.69) is 36.5 Å². The van der Waals surface area contributed by atoms with E-state index in [1.165, 1.54) is 24.0 Å². The first kappa shape index (κ1) is 13.1. The predicted octanol–water partition coefficient (Wildman–Crippen LogP) is 2.02. The fourth-order valence-electron chi connectivity index (χ4n) is 3.48. The molecule has 0 saturated carbocycles. The van der Waals surface area contributed by atoms with Crippen LogP contribution in [0.15, 0.2) is 24.3 Å². The van der Waals surface area contributed by atoms with Gasteiger partial charge in [-0.2, -0.15) is 0 Å². The smallest absolute Gasteiger partial charge is 0.0469 e. The lowest BCUT2D eigenvalue weighted by molar-refractivity contribution is 0.0541. The molecule has 1 aromatic carbocycles. The third-order valence-corrected chi connectivity index (χ3v) is 4.74. The van der Waals surface area contributed by atoms with Gasteiger partial charge in [0.05, 0.1) is 0 Å². The Kier molecular flexibility index (Phi) is 3.87. The molecule has 3 nitrogen and oxygen atoms in total. The molecule has 1 saturated heterocycles. The standard InChI is InChI=1S/C16H24N2O/c1-11(12-6-8-19-9-7-12)18-15-10-13-4-2-3-5-14(13)16(15)17/h2-5,11-12,15-16,18H,6-10,17H2,1H3/t11?,15-,16-/m1/s1. The van der Waals surface area contributed by atoms with Gasteiger partial charge in [-0.25, -0.2) is 0 Å². The first-order chi connectivity index (χ1) is 9.25. The molecule has 1 aliphatic carbocycles. The summed E-state index contributed by atoms with van der Waals surface area (Å²) in [5, 5.41) is 3.76. The molecular weight excluding hydrogens is 236 g/mol. The summed E-state index contributed by atoms with van der Waals surface area (Å²) in [4.78, 5) is 0. The average molecular weight is 260 g/mol. The second-order valence-electron chi connectivity index (χ2n) is 5.94. The van der Waals surface area contributed by atoms with E-state index in [1.54, 1.807) is 0 Å². The van der Waals surface area contributed by atoms with Crippen LogP contribution in [0.1, 0.15) is 36.9 Å². The van der Waals surface area contributed by atoms with Crippen LogP contribution < -0.4 is 11.1 Å². The minimum atomic E-state index is 0.137. The highest BCUT2D eigenvalue weighted by Gasteiger charge is 2.31. The Hall–Kier alpha value is -0.900. The summed E-state index contributed by atoms with van der Waals surface area (Å²) in [6, 6.07) is 9.61. The summed E-state index contributed by atoms with van der Waals surface area (Å²) in [7, 11) is 0. The lowest BCUT2D eigenvalue weighted by Crippen LogP contribution is -2.46. The normalized spacial score (nSPS) is 29.2. The molecule has 3 N–H and O–H groups in total. The minimum absolute atomic E-state index is 0.137. The molecule has 3 atom stereocenters. The van der Waals surface area contributed by atoms with E-state index < -0.39 is 0 Å². The Morgan fingerprint density at radius 3 is 2.74 bits per heavy atom.